The van der Waals surface area contributed by atoms with Crippen molar-refractivity contribution in [3.05, 3.63) is 132 Å². The van der Waals surface area contributed by atoms with Crippen LogP contribution in [0.2, 0.25) is 0 Å². The van der Waals surface area contributed by atoms with Crippen LogP contribution in [-0.2, 0) is 12.8 Å². The lowest BCUT2D eigenvalue weighted by Gasteiger charge is -2.15. The van der Waals surface area contributed by atoms with Gasteiger partial charge in [-0.25, -0.2) is 9.97 Å². The van der Waals surface area contributed by atoms with E-state index in [2.05, 4.69) is 89.2 Å². The van der Waals surface area contributed by atoms with Gasteiger partial charge >= 0.3 is 0 Å². The highest BCUT2D eigenvalue weighted by molar-refractivity contribution is 6.11. The summed E-state index contributed by atoms with van der Waals surface area (Å²) in [6.45, 7) is 0. The Morgan fingerprint density at radius 3 is 2.05 bits per heavy atom. The molecule has 5 nitrogen and oxygen atoms in total. The molecule has 196 valence electrons. The van der Waals surface area contributed by atoms with Crippen LogP contribution in [0.4, 0.5) is 11.4 Å². The lowest BCUT2D eigenvalue weighted by molar-refractivity contribution is 0.446. The zero-order valence-electron chi connectivity index (χ0n) is 22.3. The van der Waals surface area contributed by atoms with Crippen molar-refractivity contribution < 1.29 is 4.74 Å². The minimum atomic E-state index is 0.499. The Balaban J connectivity index is 1.13. The Morgan fingerprint density at radius 1 is 0.537 bits per heavy atom. The predicted molar refractivity (Wildman–Crippen MR) is 166 cm³/mol. The second-order valence-corrected chi connectivity index (χ2v) is 10.3. The maximum Gasteiger partial charge on any atom is 0.221 e. The summed E-state index contributed by atoms with van der Waals surface area (Å²) in [7, 11) is 0. The molecule has 3 aromatic heterocycles. The smallest absolute Gasteiger partial charge is 0.221 e. The fraction of sp³-hybridized carbons (Fsp3) is 0.0556. The molecule has 1 aliphatic rings. The van der Waals surface area contributed by atoms with Gasteiger partial charge in [0.2, 0.25) is 11.8 Å². The van der Waals surface area contributed by atoms with E-state index in [9.17, 15) is 0 Å². The molecule has 0 saturated heterocycles. The van der Waals surface area contributed by atoms with Gasteiger partial charge in [0, 0.05) is 45.2 Å². The molecular formula is C36H26N4O. The van der Waals surface area contributed by atoms with Crippen LogP contribution >= 0.6 is 0 Å². The first-order valence-electron chi connectivity index (χ1n) is 13.9. The maximum atomic E-state index is 6.25. The van der Waals surface area contributed by atoms with E-state index in [0.717, 1.165) is 57.8 Å². The van der Waals surface area contributed by atoms with Crippen LogP contribution in [0.25, 0.3) is 44.3 Å². The lowest BCUT2D eigenvalue weighted by Crippen LogP contribution is -1.98. The summed E-state index contributed by atoms with van der Waals surface area (Å²) in [6.07, 6.45) is 1.98. The van der Waals surface area contributed by atoms with Gasteiger partial charge in [-0.3, -0.25) is 0 Å². The number of ether oxygens (including phenoxy) is 1. The number of anilines is 2. The van der Waals surface area contributed by atoms with Crippen molar-refractivity contribution in [2.75, 3.05) is 5.32 Å². The standard InChI is InChI=1S/C36H26N4O/c1-3-15-29-23(9-1)21-22-24-10-5-13-27(35(24)39-29)31-17-7-19-33(37-31)41-34-20-8-18-32(38-34)28-14-6-12-26-25-11-2-4-16-30(25)40-36(26)28/h1-20,39-40H,21-22H2. The summed E-state index contributed by atoms with van der Waals surface area (Å²) in [5, 5.41) is 6.08. The van der Waals surface area contributed by atoms with E-state index >= 15 is 0 Å². The first-order chi connectivity index (χ1) is 20.3. The highest BCUT2D eigenvalue weighted by Gasteiger charge is 2.18. The largest absolute Gasteiger partial charge is 0.421 e. The molecule has 41 heavy (non-hydrogen) atoms. The minimum absolute atomic E-state index is 0.499. The molecule has 0 unspecified atom stereocenters. The molecule has 1 aliphatic heterocycles. The number of aromatic nitrogens is 3. The molecule has 0 bridgehead atoms. The van der Waals surface area contributed by atoms with E-state index < -0.39 is 0 Å². The van der Waals surface area contributed by atoms with Crippen molar-refractivity contribution >= 4 is 33.2 Å². The third kappa shape index (κ3) is 4.19. The number of aromatic amines is 1. The van der Waals surface area contributed by atoms with Crippen LogP contribution in [0.1, 0.15) is 11.1 Å². The summed E-state index contributed by atoms with van der Waals surface area (Å²) in [4.78, 5) is 13.4. The number of hydrogen-bond acceptors (Lipinski definition) is 4. The Labute approximate surface area is 237 Å². The minimum Gasteiger partial charge on any atom is -0.421 e. The maximum absolute atomic E-state index is 6.25. The van der Waals surface area contributed by atoms with Crippen LogP contribution in [0, 0.1) is 0 Å². The Morgan fingerprint density at radius 2 is 1.17 bits per heavy atom. The van der Waals surface area contributed by atoms with Gasteiger partial charge in [0.15, 0.2) is 0 Å². The third-order valence-electron chi connectivity index (χ3n) is 7.84. The normalized spacial score (nSPS) is 12.4. The molecule has 7 aromatic rings. The van der Waals surface area contributed by atoms with Gasteiger partial charge in [0.05, 0.1) is 22.6 Å². The van der Waals surface area contributed by atoms with Gasteiger partial charge in [-0.15, -0.1) is 0 Å². The van der Waals surface area contributed by atoms with Crippen LogP contribution in [0.3, 0.4) is 0 Å². The number of H-pyrrole nitrogens is 1. The van der Waals surface area contributed by atoms with Gasteiger partial charge in [-0.2, -0.15) is 0 Å². The van der Waals surface area contributed by atoms with Crippen molar-refractivity contribution in [3.8, 4) is 34.3 Å². The van der Waals surface area contributed by atoms with E-state index in [1.54, 1.807) is 0 Å². The molecule has 4 heterocycles. The first kappa shape index (κ1) is 23.5. The third-order valence-corrected chi connectivity index (χ3v) is 7.84. The number of pyridine rings is 2. The van der Waals surface area contributed by atoms with Crippen molar-refractivity contribution in [2.24, 2.45) is 0 Å². The number of fused-ring (bicyclic) bond motifs is 5. The molecule has 0 saturated carbocycles. The second-order valence-electron chi connectivity index (χ2n) is 10.3. The quantitative estimate of drug-likeness (QED) is 0.238. The average Bonchev–Trinajstić information content (AvgIpc) is 3.29. The molecule has 0 aliphatic carbocycles. The molecule has 0 amide bonds. The first-order valence-corrected chi connectivity index (χ1v) is 13.9. The highest BCUT2D eigenvalue weighted by Crippen LogP contribution is 2.38. The summed E-state index contributed by atoms with van der Waals surface area (Å²) in [5.74, 6) is 1.00. The van der Waals surface area contributed by atoms with Crippen LogP contribution in [-0.4, -0.2) is 15.0 Å². The molecule has 0 fully saturated rings. The Kier molecular flexibility index (Phi) is 5.52. The number of hydrogen-bond donors (Lipinski definition) is 2. The van der Waals surface area contributed by atoms with Crippen LogP contribution < -0.4 is 10.1 Å². The molecule has 0 atom stereocenters. The zero-order valence-corrected chi connectivity index (χ0v) is 22.3. The summed E-state index contributed by atoms with van der Waals surface area (Å²) in [6, 6.07) is 41.4. The molecule has 0 spiro atoms. The van der Waals surface area contributed by atoms with Gasteiger partial charge in [-0.05, 0) is 48.2 Å². The van der Waals surface area contributed by atoms with Gasteiger partial charge < -0.3 is 15.0 Å². The summed E-state index contributed by atoms with van der Waals surface area (Å²) >= 11 is 0. The van der Waals surface area contributed by atoms with E-state index in [4.69, 9.17) is 14.7 Å². The monoisotopic (exact) mass is 530 g/mol. The van der Waals surface area contributed by atoms with Crippen LogP contribution in [0.5, 0.6) is 11.8 Å². The van der Waals surface area contributed by atoms with Crippen molar-refractivity contribution in [3.63, 3.8) is 0 Å². The van der Waals surface area contributed by atoms with E-state index in [1.165, 1.54) is 21.9 Å². The topological polar surface area (TPSA) is 62.8 Å². The molecule has 4 aromatic carbocycles. The van der Waals surface area contributed by atoms with E-state index in [-0.39, 0.29) is 0 Å². The van der Waals surface area contributed by atoms with E-state index in [1.807, 2.05) is 42.5 Å². The highest BCUT2D eigenvalue weighted by atomic mass is 16.5. The van der Waals surface area contributed by atoms with E-state index in [0.29, 0.717) is 11.8 Å². The average molecular weight is 531 g/mol. The fourth-order valence-corrected chi connectivity index (χ4v) is 5.87. The van der Waals surface area contributed by atoms with Gasteiger partial charge in [0.25, 0.3) is 0 Å². The van der Waals surface area contributed by atoms with Gasteiger partial charge in [0.1, 0.15) is 0 Å². The molecule has 5 heteroatoms. The van der Waals surface area contributed by atoms with Gasteiger partial charge in [-0.1, -0.05) is 84.9 Å². The van der Waals surface area contributed by atoms with Crippen molar-refractivity contribution in [2.45, 2.75) is 12.8 Å². The Bertz CT molecular complexity index is 2080. The summed E-state index contributed by atoms with van der Waals surface area (Å²) < 4.78 is 6.25. The van der Waals surface area contributed by atoms with Crippen molar-refractivity contribution in [1.82, 2.24) is 15.0 Å². The fourth-order valence-electron chi connectivity index (χ4n) is 5.87. The zero-order chi connectivity index (χ0) is 27.2. The molecule has 0 radical (unpaired) electrons. The lowest BCUT2D eigenvalue weighted by atomic mass is 10.0. The molecule has 2 N–H and O–H groups in total. The number of nitrogens with one attached hydrogen (secondary N) is 2. The van der Waals surface area contributed by atoms with Crippen molar-refractivity contribution in [1.29, 1.82) is 0 Å². The predicted octanol–water partition coefficient (Wildman–Crippen LogP) is 9.08. The van der Waals surface area contributed by atoms with Crippen LogP contribution in [0.15, 0.2) is 121 Å². The number of benzene rings is 4. The molecular weight excluding hydrogens is 504 g/mol. The number of rotatable bonds is 4. The number of aryl methyl sites for hydroxylation is 2. The SMILES string of the molecule is c1cc(Oc2cccc(-c3cccc4c3[nH]c3ccccc34)n2)nc(-c2cccc3c2Nc2ccccc2CC3)c1. The summed E-state index contributed by atoms with van der Waals surface area (Å²) in [5.41, 5.74) is 10.8. The molecule has 8 rings (SSSR count). The number of para-hydroxylation sites is 4. The Hall–Kier alpha value is -5.42. The second kappa shape index (κ2) is 9.65. The number of nitrogens with zero attached hydrogens (tertiary/aromatic N) is 2.